The fraction of sp³-hybridized carbons (Fsp3) is 0.600. The molecule has 0 aromatic carbocycles. The van der Waals surface area contributed by atoms with Gasteiger partial charge in [-0.3, -0.25) is 0 Å². The van der Waals surface area contributed by atoms with Crippen molar-refractivity contribution in [2.45, 2.75) is 37.5 Å². The van der Waals surface area contributed by atoms with Gasteiger partial charge in [0.25, 0.3) is 0 Å². The molecule has 3 nitrogen and oxygen atoms in total. The number of thioether (sulfide) groups is 1. The molecule has 0 amide bonds. The Morgan fingerprint density at radius 1 is 1.36 bits per heavy atom. The average molecular weight is 212 g/mol. The second-order valence-corrected chi connectivity index (χ2v) is 5.64. The zero-order chi connectivity index (χ0) is 10.8. The van der Waals surface area contributed by atoms with Gasteiger partial charge in [-0.2, -0.15) is 0 Å². The van der Waals surface area contributed by atoms with Gasteiger partial charge >= 0.3 is 0 Å². The van der Waals surface area contributed by atoms with E-state index in [1.807, 2.05) is 33.8 Å². The van der Waals surface area contributed by atoms with Gasteiger partial charge in [0.2, 0.25) is 0 Å². The van der Waals surface area contributed by atoms with Crippen LogP contribution >= 0.6 is 11.8 Å². The number of hydrogen-bond acceptors (Lipinski definition) is 4. The van der Waals surface area contributed by atoms with Crippen LogP contribution in [-0.2, 0) is 0 Å². The third-order valence-electron chi connectivity index (χ3n) is 1.70. The van der Waals surface area contributed by atoms with Crippen molar-refractivity contribution in [2.75, 3.05) is 6.61 Å². The highest BCUT2D eigenvalue weighted by atomic mass is 32.2. The van der Waals surface area contributed by atoms with Gasteiger partial charge < -0.3 is 5.11 Å². The zero-order valence-electron chi connectivity index (χ0n) is 9.03. The molecule has 1 rings (SSSR count). The number of aliphatic hydroxyl groups excluding tert-OH is 1. The molecule has 4 heteroatoms. The van der Waals surface area contributed by atoms with Crippen LogP contribution in [0.1, 0.15) is 25.4 Å². The Kier molecular flexibility index (Phi) is 3.50. The molecule has 0 aliphatic rings. The summed E-state index contributed by atoms with van der Waals surface area (Å²) in [7, 11) is 0. The van der Waals surface area contributed by atoms with Gasteiger partial charge in [-0.1, -0.05) is 11.8 Å². The molecular formula is C10H16N2OS. The van der Waals surface area contributed by atoms with Crippen molar-refractivity contribution in [3.63, 3.8) is 0 Å². The van der Waals surface area contributed by atoms with Gasteiger partial charge in [-0.15, -0.1) is 0 Å². The Morgan fingerprint density at radius 2 is 2.00 bits per heavy atom. The lowest BCUT2D eigenvalue weighted by Crippen LogP contribution is -2.20. The first kappa shape index (κ1) is 11.5. The SMILES string of the molecule is Cc1cc(SC(C)(C)CO)nc(C)n1. The molecule has 0 aliphatic carbocycles. The largest absolute Gasteiger partial charge is 0.395 e. The first-order valence-corrected chi connectivity index (χ1v) is 5.37. The topological polar surface area (TPSA) is 46.0 Å². The summed E-state index contributed by atoms with van der Waals surface area (Å²) in [5.41, 5.74) is 0.966. The van der Waals surface area contributed by atoms with Crippen molar-refractivity contribution in [3.05, 3.63) is 17.6 Å². The van der Waals surface area contributed by atoms with Crippen LogP contribution in [0.4, 0.5) is 0 Å². The van der Waals surface area contributed by atoms with Gasteiger partial charge in [0.05, 0.1) is 6.61 Å². The fourth-order valence-corrected chi connectivity index (χ4v) is 2.09. The summed E-state index contributed by atoms with van der Waals surface area (Å²) in [5.74, 6) is 0.779. The molecule has 0 bridgehead atoms. The summed E-state index contributed by atoms with van der Waals surface area (Å²) in [6.45, 7) is 7.95. The van der Waals surface area contributed by atoms with Crippen molar-refractivity contribution in [1.29, 1.82) is 0 Å². The van der Waals surface area contributed by atoms with Crippen molar-refractivity contribution >= 4 is 11.8 Å². The van der Waals surface area contributed by atoms with Crippen molar-refractivity contribution in [1.82, 2.24) is 9.97 Å². The van der Waals surface area contributed by atoms with Crippen LogP contribution in [0.15, 0.2) is 11.1 Å². The van der Waals surface area contributed by atoms with E-state index < -0.39 is 0 Å². The number of hydrogen-bond donors (Lipinski definition) is 1. The Hall–Kier alpha value is -0.610. The molecule has 0 aliphatic heterocycles. The van der Waals surface area contributed by atoms with E-state index in [1.165, 1.54) is 0 Å². The van der Waals surface area contributed by atoms with Crippen LogP contribution < -0.4 is 0 Å². The third-order valence-corrected chi connectivity index (χ3v) is 2.80. The highest BCUT2D eigenvalue weighted by Gasteiger charge is 2.19. The smallest absolute Gasteiger partial charge is 0.126 e. The lowest BCUT2D eigenvalue weighted by atomic mass is 10.2. The lowest BCUT2D eigenvalue weighted by molar-refractivity contribution is 0.265. The highest BCUT2D eigenvalue weighted by molar-refractivity contribution is 8.00. The molecule has 78 valence electrons. The van der Waals surface area contributed by atoms with Crippen LogP contribution in [0.5, 0.6) is 0 Å². The molecule has 0 radical (unpaired) electrons. The predicted octanol–water partition coefficient (Wildman–Crippen LogP) is 1.96. The molecule has 0 fully saturated rings. The fourth-order valence-electron chi connectivity index (χ4n) is 1.05. The normalized spacial score (nSPS) is 11.8. The summed E-state index contributed by atoms with van der Waals surface area (Å²) in [5, 5.41) is 10.1. The number of rotatable bonds is 3. The summed E-state index contributed by atoms with van der Waals surface area (Å²) in [6.07, 6.45) is 0. The van der Waals surface area contributed by atoms with Gasteiger partial charge in [-0.05, 0) is 33.8 Å². The molecule has 0 saturated carbocycles. The minimum atomic E-state index is -0.187. The van der Waals surface area contributed by atoms with Gasteiger partial charge in [0, 0.05) is 10.4 Å². The summed E-state index contributed by atoms with van der Waals surface area (Å²) < 4.78 is -0.187. The van der Waals surface area contributed by atoms with Crippen molar-refractivity contribution in [2.24, 2.45) is 0 Å². The van der Waals surface area contributed by atoms with E-state index in [-0.39, 0.29) is 11.4 Å². The average Bonchev–Trinajstić information content (AvgIpc) is 2.01. The first-order valence-electron chi connectivity index (χ1n) is 4.55. The van der Waals surface area contributed by atoms with E-state index in [1.54, 1.807) is 11.8 Å². The number of aliphatic hydroxyl groups is 1. The second-order valence-electron chi connectivity index (χ2n) is 3.91. The van der Waals surface area contributed by atoms with Crippen molar-refractivity contribution < 1.29 is 5.11 Å². The molecule has 14 heavy (non-hydrogen) atoms. The zero-order valence-corrected chi connectivity index (χ0v) is 9.85. The number of aromatic nitrogens is 2. The predicted molar refractivity (Wildman–Crippen MR) is 58.5 cm³/mol. The van der Waals surface area contributed by atoms with Gasteiger partial charge in [-0.25, -0.2) is 9.97 Å². The Bertz CT molecular complexity index is 306. The van der Waals surface area contributed by atoms with Crippen LogP contribution in [-0.4, -0.2) is 26.4 Å². The second kappa shape index (κ2) is 4.28. The van der Waals surface area contributed by atoms with E-state index in [4.69, 9.17) is 5.11 Å². The first-order chi connectivity index (χ1) is 6.43. The van der Waals surface area contributed by atoms with Gasteiger partial charge in [0.1, 0.15) is 10.9 Å². The number of nitrogens with zero attached hydrogens (tertiary/aromatic N) is 2. The Morgan fingerprint density at radius 3 is 2.50 bits per heavy atom. The van der Waals surface area contributed by atoms with Crippen molar-refractivity contribution in [3.8, 4) is 0 Å². The standard InChI is InChI=1S/C10H16N2OS/c1-7-5-9(12-8(2)11-7)14-10(3,4)6-13/h5,13H,6H2,1-4H3. The Balaban J connectivity index is 2.87. The maximum atomic E-state index is 9.13. The molecule has 1 aromatic heterocycles. The summed E-state index contributed by atoms with van der Waals surface area (Å²) in [4.78, 5) is 8.51. The molecule has 0 spiro atoms. The van der Waals surface area contributed by atoms with Crippen LogP contribution in [0.2, 0.25) is 0 Å². The highest BCUT2D eigenvalue weighted by Crippen LogP contribution is 2.30. The van der Waals surface area contributed by atoms with E-state index in [0.717, 1.165) is 16.5 Å². The maximum Gasteiger partial charge on any atom is 0.126 e. The maximum absolute atomic E-state index is 9.13. The molecule has 1 heterocycles. The van der Waals surface area contributed by atoms with Gasteiger partial charge in [0.15, 0.2) is 0 Å². The third kappa shape index (κ3) is 3.27. The van der Waals surface area contributed by atoms with Crippen LogP contribution in [0, 0.1) is 13.8 Å². The Labute approximate surface area is 89.0 Å². The van der Waals surface area contributed by atoms with E-state index in [9.17, 15) is 0 Å². The molecule has 0 saturated heterocycles. The molecule has 0 atom stereocenters. The summed E-state index contributed by atoms with van der Waals surface area (Å²) in [6, 6.07) is 1.94. The molecule has 0 unspecified atom stereocenters. The molecular weight excluding hydrogens is 196 g/mol. The molecule has 1 N–H and O–H groups in total. The monoisotopic (exact) mass is 212 g/mol. The van der Waals surface area contributed by atoms with Crippen LogP contribution in [0.25, 0.3) is 0 Å². The summed E-state index contributed by atoms with van der Waals surface area (Å²) >= 11 is 1.57. The van der Waals surface area contributed by atoms with E-state index in [2.05, 4.69) is 9.97 Å². The number of aryl methyl sites for hydroxylation is 2. The minimum Gasteiger partial charge on any atom is -0.395 e. The van der Waals surface area contributed by atoms with E-state index >= 15 is 0 Å². The quantitative estimate of drug-likeness (QED) is 0.614. The minimum absolute atomic E-state index is 0.139. The van der Waals surface area contributed by atoms with Crippen LogP contribution in [0.3, 0.4) is 0 Å². The molecule has 1 aromatic rings. The van der Waals surface area contributed by atoms with E-state index in [0.29, 0.717) is 0 Å². The lowest BCUT2D eigenvalue weighted by Gasteiger charge is -2.20.